The topological polar surface area (TPSA) is 67.6 Å². The van der Waals surface area contributed by atoms with Crippen molar-refractivity contribution in [1.82, 2.24) is 14.6 Å². The third-order valence-corrected chi connectivity index (χ3v) is 6.12. The van der Waals surface area contributed by atoms with Crippen LogP contribution in [0.5, 0.6) is 0 Å². The maximum atomic E-state index is 13.2. The Kier molecular flexibility index (Phi) is 4.28. The van der Waals surface area contributed by atoms with Crippen molar-refractivity contribution < 1.29 is 8.42 Å². The minimum Gasteiger partial charge on any atom is -0.375 e. The van der Waals surface area contributed by atoms with E-state index in [0.29, 0.717) is 17.8 Å². The van der Waals surface area contributed by atoms with Crippen molar-refractivity contribution in [3.05, 3.63) is 47.4 Å². The van der Waals surface area contributed by atoms with E-state index >= 15 is 0 Å². The van der Waals surface area contributed by atoms with Gasteiger partial charge in [-0.1, -0.05) is 25.1 Å². The number of aromatic nitrogens is 3. The van der Waals surface area contributed by atoms with Gasteiger partial charge in [-0.05, 0) is 32.4 Å². The highest BCUT2D eigenvalue weighted by Gasteiger charge is 2.29. The van der Waals surface area contributed by atoms with Crippen molar-refractivity contribution in [2.45, 2.75) is 37.0 Å². The van der Waals surface area contributed by atoms with Crippen LogP contribution in [0.25, 0.3) is 5.65 Å². The summed E-state index contributed by atoms with van der Waals surface area (Å²) in [5, 5.41) is 4.55. The zero-order valence-electron chi connectivity index (χ0n) is 15.1. The number of hydrogen-bond acceptors (Lipinski definition) is 5. The molecule has 7 heteroatoms. The number of anilines is 1. The van der Waals surface area contributed by atoms with Crippen molar-refractivity contribution in [2.75, 3.05) is 19.0 Å². The van der Waals surface area contributed by atoms with E-state index in [4.69, 9.17) is 0 Å². The number of rotatable bonds is 4. The van der Waals surface area contributed by atoms with E-state index in [1.807, 2.05) is 39.8 Å². The molecule has 0 atom stereocenters. The van der Waals surface area contributed by atoms with Crippen LogP contribution in [0.15, 0.2) is 40.1 Å². The summed E-state index contributed by atoms with van der Waals surface area (Å²) >= 11 is 0. The van der Waals surface area contributed by atoms with Crippen LogP contribution in [-0.4, -0.2) is 37.1 Å². The van der Waals surface area contributed by atoms with Gasteiger partial charge in [0.1, 0.15) is 4.90 Å². The van der Waals surface area contributed by atoms with Gasteiger partial charge in [0.2, 0.25) is 9.84 Å². The van der Waals surface area contributed by atoms with Gasteiger partial charge < -0.3 is 4.90 Å². The quantitative estimate of drug-likeness (QED) is 0.717. The standard InChI is InChI=1S/C18H22N4O2S/c1-6-15-17(25(23,24)14-10-8-7-9-11-14)18-19-12(2)16(21(4)5)13(3)22(18)20-15/h7-11H,6H2,1-5H3. The fraction of sp³-hybridized carbons (Fsp3) is 0.333. The number of fused-ring (bicyclic) bond motifs is 1. The molecule has 0 radical (unpaired) electrons. The molecule has 1 aromatic carbocycles. The van der Waals surface area contributed by atoms with Gasteiger partial charge in [-0.3, -0.25) is 0 Å². The normalized spacial score (nSPS) is 11.9. The van der Waals surface area contributed by atoms with Crippen molar-refractivity contribution in [3.8, 4) is 0 Å². The molecule has 0 saturated heterocycles. The average Bonchev–Trinajstić information content (AvgIpc) is 2.94. The Hall–Kier alpha value is -2.41. The Balaban J connectivity index is 2.40. The van der Waals surface area contributed by atoms with E-state index in [1.165, 1.54) is 0 Å². The molecule has 132 valence electrons. The van der Waals surface area contributed by atoms with Crippen LogP contribution >= 0.6 is 0 Å². The molecule has 2 aromatic heterocycles. The maximum absolute atomic E-state index is 13.2. The molecule has 25 heavy (non-hydrogen) atoms. The first-order valence-corrected chi connectivity index (χ1v) is 9.63. The van der Waals surface area contributed by atoms with E-state index in [2.05, 4.69) is 10.1 Å². The number of aryl methyl sites for hydroxylation is 3. The molecule has 2 heterocycles. The first-order chi connectivity index (χ1) is 11.8. The molecule has 0 saturated carbocycles. The Morgan fingerprint density at radius 2 is 1.76 bits per heavy atom. The first kappa shape index (κ1) is 17.4. The predicted octanol–water partition coefficient (Wildman–Crippen LogP) is 2.81. The minimum absolute atomic E-state index is 0.206. The van der Waals surface area contributed by atoms with Crippen LogP contribution in [0, 0.1) is 13.8 Å². The van der Waals surface area contributed by atoms with Gasteiger partial charge in [-0.15, -0.1) is 0 Å². The summed E-state index contributed by atoms with van der Waals surface area (Å²) in [6, 6.07) is 8.45. The lowest BCUT2D eigenvalue weighted by Crippen LogP contribution is -2.16. The number of sulfone groups is 1. The van der Waals surface area contributed by atoms with Crippen LogP contribution in [0.2, 0.25) is 0 Å². The van der Waals surface area contributed by atoms with Crippen LogP contribution in [-0.2, 0) is 16.3 Å². The molecule has 3 aromatic rings. The van der Waals surface area contributed by atoms with Crippen molar-refractivity contribution in [2.24, 2.45) is 0 Å². The second-order valence-electron chi connectivity index (χ2n) is 6.21. The predicted molar refractivity (Wildman–Crippen MR) is 98.1 cm³/mol. The molecule has 0 N–H and O–H groups in total. The van der Waals surface area contributed by atoms with Crippen LogP contribution in [0.4, 0.5) is 5.69 Å². The summed E-state index contributed by atoms with van der Waals surface area (Å²) in [6.07, 6.45) is 0.514. The molecule has 3 rings (SSSR count). The third kappa shape index (κ3) is 2.68. The molecular formula is C18H22N4O2S. The highest BCUT2D eigenvalue weighted by Crippen LogP contribution is 2.31. The van der Waals surface area contributed by atoms with Crippen LogP contribution in [0.3, 0.4) is 0 Å². The van der Waals surface area contributed by atoms with E-state index in [1.54, 1.807) is 34.8 Å². The SMILES string of the molecule is CCc1nn2c(C)c(N(C)C)c(C)nc2c1S(=O)(=O)c1ccccc1. The molecule has 0 aliphatic heterocycles. The van der Waals surface area contributed by atoms with Crippen molar-refractivity contribution in [3.63, 3.8) is 0 Å². The molecule has 0 aliphatic rings. The smallest absolute Gasteiger partial charge is 0.212 e. The summed E-state index contributed by atoms with van der Waals surface area (Å²) in [4.78, 5) is 7.03. The van der Waals surface area contributed by atoms with Gasteiger partial charge in [0.15, 0.2) is 5.65 Å². The lowest BCUT2D eigenvalue weighted by atomic mass is 10.2. The van der Waals surface area contributed by atoms with E-state index in [-0.39, 0.29) is 9.79 Å². The van der Waals surface area contributed by atoms with Gasteiger partial charge in [-0.25, -0.2) is 17.9 Å². The van der Waals surface area contributed by atoms with E-state index in [9.17, 15) is 8.42 Å². The summed E-state index contributed by atoms with van der Waals surface area (Å²) < 4.78 is 28.1. The first-order valence-electron chi connectivity index (χ1n) is 8.15. The van der Waals surface area contributed by atoms with Gasteiger partial charge in [0.05, 0.1) is 27.7 Å². The molecule has 0 fully saturated rings. The minimum atomic E-state index is -3.69. The monoisotopic (exact) mass is 358 g/mol. The third-order valence-electron chi connectivity index (χ3n) is 4.27. The Labute approximate surface area is 148 Å². The van der Waals surface area contributed by atoms with Gasteiger partial charge in [0, 0.05) is 14.1 Å². The Bertz CT molecular complexity index is 1040. The molecular weight excluding hydrogens is 336 g/mol. The molecule has 0 spiro atoms. The van der Waals surface area contributed by atoms with E-state index in [0.717, 1.165) is 17.1 Å². The fourth-order valence-electron chi connectivity index (χ4n) is 3.22. The molecule has 6 nitrogen and oxygen atoms in total. The summed E-state index contributed by atoms with van der Waals surface area (Å²) in [7, 11) is 0.187. The van der Waals surface area contributed by atoms with Crippen LogP contribution < -0.4 is 4.90 Å². The largest absolute Gasteiger partial charge is 0.375 e. The lowest BCUT2D eigenvalue weighted by molar-refractivity contribution is 0.595. The molecule has 0 bridgehead atoms. The molecule has 0 aliphatic carbocycles. The fourth-order valence-corrected chi connectivity index (χ4v) is 4.83. The van der Waals surface area contributed by atoms with Gasteiger partial charge in [0.25, 0.3) is 0 Å². The summed E-state index contributed by atoms with van der Waals surface area (Å²) in [5.74, 6) is 0. The lowest BCUT2D eigenvalue weighted by Gasteiger charge is -2.18. The zero-order chi connectivity index (χ0) is 18.4. The average molecular weight is 358 g/mol. The second-order valence-corrected chi connectivity index (χ2v) is 8.09. The van der Waals surface area contributed by atoms with E-state index < -0.39 is 9.84 Å². The summed E-state index contributed by atoms with van der Waals surface area (Å²) in [6.45, 7) is 5.73. The number of hydrogen-bond donors (Lipinski definition) is 0. The summed E-state index contributed by atoms with van der Waals surface area (Å²) in [5.41, 5.74) is 3.52. The van der Waals surface area contributed by atoms with Gasteiger partial charge >= 0.3 is 0 Å². The molecule has 0 unspecified atom stereocenters. The second kappa shape index (κ2) is 6.15. The highest BCUT2D eigenvalue weighted by atomic mass is 32.2. The number of benzene rings is 1. The molecule has 0 amide bonds. The maximum Gasteiger partial charge on any atom is 0.212 e. The highest BCUT2D eigenvalue weighted by molar-refractivity contribution is 7.91. The van der Waals surface area contributed by atoms with Gasteiger partial charge in [-0.2, -0.15) is 5.10 Å². The zero-order valence-corrected chi connectivity index (χ0v) is 15.9. The van der Waals surface area contributed by atoms with Crippen LogP contribution in [0.1, 0.15) is 24.0 Å². The number of nitrogens with zero attached hydrogens (tertiary/aromatic N) is 4. The van der Waals surface area contributed by atoms with Crippen molar-refractivity contribution >= 4 is 21.2 Å². The Morgan fingerprint density at radius 1 is 1.12 bits per heavy atom. The van der Waals surface area contributed by atoms with Crippen molar-refractivity contribution in [1.29, 1.82) is 0 Å². The Morgan fingerprint density at radius 3 is 2.32 bits per heavy atom.